The van der Waals surface area contributed by atoms with Crippen LogP contribution in [0.1, 0.15) is 0 Å². The van der Waals surface area contributed by atoms with Crippen LogP contribution >= 0.6 is 11.6 Å². The standard InChI is InChI=1S/C16H12ClFN2O6/c1-25-15(21)10-5-3-4-6-19(13(10)16(22)26-2)14-11(17)7-9(20(23)24)8-12(14)18/h3-8H,1-2H3. The molecule has 1 aliphatic heterocycles. The molecule has 0 unspecified atom stereocenters. The van der Waals surface area contributed by atoms with Crippen molar-refractivity contribution in [3.63, 3.8) is 0 Å². The van der Waals surface area contributed by atoms with Gasteiger partial charge in [-0.25, -0.2) is 14.0 Å². The van der Waals surface area contributed by atoms with Crippen molar-refractivity contribution >= 4 is 34.9 Å². The number of hydrogen-bond donors (Lipinski definition) is 0. The highest BCUT2D eigenvalue weighted by Gasteiger charge is 2.31. The number of benzene rings is 1. The maximum atomic E-state index is 14.6. The molecule has 0 amide bonds. The fraction of sp³-hybridized carbons (Fsp3) is 0.125. The molecule has 26 heavy (non-hydrogen) atoms. The van der Waals surface area contributed by atoms with E-state index in [2.05, 4.69) is 9.47 Å². The van der Waals surface area contributed by atoms with Crippen LogP contribution < -0.4 is 4.90 Å². The van der Waals surface area contributed by atoms with Crippen molar-refractivity contribution in [2.24, 2.45) is 0 Å². The van der Waals surface area contributed by atoms with Crippen molar-refractivity contribution in [1.29, 1.82) is 0 Å². The first-order chi connectivity index (χ1) is 12.3. The molecule has 0 saturated heterocycles. The van der Waals surface area contributed by atoms with Crippen LogP contribution in [0.3, 0.4) is 0 Å². The van der Waals surface area contributed by atoms with Gasteiger partial charge in [0.1, 0.15) is 11.4 Å². The topological polar surface area (TPSA) is 99.0 Å². The van der Waals surface area contributed by atoms with Gasteiger partial charge in [0, 0.05) is 12.3 Å². The molecule has 2 rings (SSSR count). The summed E-state index contributed by atoms with van der Waals surface area (Å²) < 4.78 is 23.9. The number of nitro groups is 1. The average Bonchev–Trinajstić information content (AvgIpc) is 2.82. The van der Waals surface area contributed by atoms with E-state index >= 15 is 0 Å². The van der Waals surface area contributed by atoms with Gasteiger partial charge in [0.25, 0.3) is 5.69 Å². The first-order valence-corrected chi connectivity index (χ1v) is 7.38. The van der Waals surface area contributed by atoms with Gasteiger partial charge in [0.15, 0.2) is 5.82 Å². The van der Waals surface area contributed by atoms with E-state index in [-0.39, 0.29) is 22.0 Å². The van der Waals surface area contributed by atoms with Crippen LogP contribution in [0.15, 0.2) is 47.8 Å². The fourth-order valence-corrected chi connectivity index (χ4v) is 2.52. The predicted molar refractivity (Wildman–Crippen MR) is 89.9 cm³/mol. The van der Waals surface area contributed by atoms with E-state index in [0.29, 0.717) is 6.07 Å². The molecule has 1 heterocycles. The second kappa shape index (κ2) is 7.79. The molecular weight excluding hydrogens is 371 g/mol. The monoisotopic (exact) mass is 382 g/mol. The molecular formula is C16H12ClFN2O6. The summed E-state index contributed by atoms with van der Waals surface area (Å²) in [5.74, 6) is -2.90. The summed E-state index contributed by atoms with van der Waals surface area (Å²) in [7, 11) is 2.19. The number of nitrogens with zero attached hydrogens (tertiary/aromatic N) is 2. The highest BCUT2D eigenvalue weighted by atomic mass is 35.5. The van der Waals surface area contributed by atoms with E-state index in [1.54, 1.807) is 0 Å². The molecule has 10 heteroatoms. The van der Waals surface area contributed by atoms with E-state index in [4.69, 9.17) is 11.6 Å². The number of allylic oxidation sites excluding steroid dienone is 2. The fourth-order valence-electron chi connectivity index (χ4n) is 2.22. The SMILES string of the molecule is COC(=O)C1=C(C(=O)OC)N(c2c(F)cc([N+](=O)[O-])cc2Cl)C=CC=C1. The first-order valence-electron chi connectivity index (χ1n) is 7.00. The Balaban J connectivity index is 2.76. The molecule has 0 aliphatic carbocycles. The summed E-state index contributed by atoms with van der Waals surface area (Å²) in [6.45, 7) is 0. The number of anilines is 1. The lowest BCUT2D eigenvalue weighted by Crippen LogP contribution is -2.27. The minimum absolute atomic E-state index is 0.210. The Bertz CT molecular complexity index is 854. The molecule has 1 aliphatic rings. The van der Waals surface area contributed by atoms with Crippen LogP contribution in [0.4, 0.5) is 15.8 Å². The molecule has 0 saturated carbocycles. The largest absolute Gasteiger partial charge is 0.465 e. The number of rotatable bonds is 4. The molecule has 0 spiro atoms. The van der Waals surface area contributed by atoms with Crippen LogP contribution in [0.5, 0.6) is 0 Å². The number of esters is 2. The van der Waals surface area contributed by atoms with Gasteiger partial charge in [-0.15, -0.1) is 0 Å². The number of carbonyl (C=O) groups excluding carboxylic acids is 2. The van der Waals surface area contributed by atoms with Gasteiger partial charge < -0.3 is 14.4 Å². The van der Waals surface area contributed by atoms with Crippen LogP contribution in [0.2, 0.25) is 5.02 Å². The van der Waals surface area contributed by atoms with Gasteiger partial charge in [0.05, 0.1) is 35.8 Å². The third-order valence-corrected chi connectivity index (χ3v) is 3.63. The maximum absolute atomic E-state index is 14.6. The minimum Gasteiger partial charge on any atom is -0.465 e. The highest BCUT2D eigenvalue weighted by Crippen LogP contribution is 2.37. The van der Waals surface area contributed by atoms with Crippen LogP contribution in [-0.2, 0) is 19.1 Å². The van der Waals surface area contributed by atoms with Crippen molar-refractivity contribution < 1.29 is 28.4 Å². The molecule has 136 valence electrons. The number of methoxy groups -OCH3 is 2. The quantitative estimate of drug-likeness (QED) is 0.448. The lowest BCUT2D eigenvalue weighted by Gasteiger charge is -2.24. The first kappa shape index (κ1) is 19.1. The van der Waals surface area contributed by atoms with Gasteiger partial charge in [0.2, 0.25) is 0 Å². The highest BCUT2D eigenvalue weighted by molar-refractivity contribution is 6.33. The minimum atomic E-state index is -1.07. The second-order valence-electron chi connectivity index (χ2n) is 4.83. The van der Waals surface area contributed by atoms with Crippen molar-refractivity contribution in [2.75, 3.05) is 19.1 Å². The Kier molecular flexibility index (Phi) is 5.73. The number of hydrogen-bond acceptors (Lipinski definition) is 7. The van der Waals surface area contributed by atoms with E-state index in [9.17, 15) is 24.1 Å². The van der Waals surface area contributed by atoms with Crippen molar-refractivity contribution in [2.45, 2.75) is 0 Å². The van der Waals surface area contributed by atoms with Gasteiger partial charge >= 0.3 is 11.9 Å². The Hall–Kier alpha value is -3.20. The average molecular weight is 383 g/mol. The van der Waals surface area contributed by atoms with E-state index in [0.717, 1.165) is 25.2 Å². The van der Waals surface area contributed by atoms with E-state index in [1.165, 1.54) is 24.4 Å². The third-order valence-electron chi connectivity index (χ3n) is 3.34. The molecule has 0 atom stereocenters. The van der Waals surface area contributed by atoms with Crippen molar-refractivity contribution in [3.8, 4) is 0 Å². The normalized spacial score (nSPS) is 13.5. The van der Waals surface area contributed by atoms with Crippen LogP contribution in [-0.4, -0.2) is 31.1 Å². The van der Waals surface area contributed by atoms with Crippen molar-refractivity contribution in [1.82, 2.24) is 0 Å². The zero-order valence-corrected chi connectivity index (χ0v) is 14.3. The summed E-state index contributed by atoms with van der Waals surface area (Å²) in [5, 5.41) is 10.5. The van der Waals surface area contributed by atoms with Crippen LogP contribution in [0.25, 0.3) is 0 Å². The molecule has 1 aromatic rings. The third kappa shape index (κ3) is 3.57. The number of nitro benzene ring substituents is 1. The summed E-state index contributed by atoms with van der Waals surface area (Å²) >= 11 is 6.01. The molecule has 0 fully saturated rings. The van der Waals surface area contributed by atoms with E-state index < -0.39 is 28.4 Å². The number of non-ortho nitro benzene ring substituents is 1. The summed E-state index contributed by atoms with van der Waals surface area (Å²) in [6.07, 6.45) is 5.38. The van der Waals surface area contributed by atoms with Gasteiger partial charge in [-0.2, -0.15) is 0 Å². The Labute approximate surface area is 151 Å². The molecule has 0 bridgehead atoms. The van der Waals surface area contributed by atoms with E-state index in [1.807, 2.05) is 0 Å². The second-order valence-corrected chi connectivity index (χ2v) is 5.24. The maximum Gasteiger partial charge on any atom is 0.355 e. The number of halogens is 2. The molecule has 8 nitrogen and oxygen atoms in total. The molecule has 1 aromatic carbocycles. The Morgan fingerprint density at radius 3 is 2.38 bits per heavy atom. The molecule has 0 aromatic heterocycles. The zero-order valence-electron chi connectivity index (χ0n) is 13.6. The summed E-state index contributed by atoms with van der Waals surface area (Å²) in [6, 6.07) is 1.58. The molecule has 0 radical (unpaired) electrons. The Morgan fingerprint density at radius 1 is 1.19 bits per heavy atom. The predicted octanol–water partition coefficient (Wildman–Crippen LogP) is 2.88. The van der Waals surface area contributed by atoms with Gasteiger partial charge in [-0.05, 0) is 12.2 Å². The number of ether oxygens (including phenoxy) is 2. The van der Waals surface area contributed by atoms with Crippen molar-refractivity contribution in [3.05, 3.63) is 68.8 Å². The summed E-state index contributed by atoms with van der Waals surface area (Å²) in [4.78, 5) is 35.3. The zero-order chi connectivity index (χ0) is 19.4. The lowest BCUT2D eigenvalue weighted by atomic mass is 10.1. The van der Waals surface area contributed by atoms with Gasteiger partial charge in [-0.1, -0.05) is 17.7 Å². The lowest BCUT2D eigenvalue weighted by molar-refractivity contribution is -0.385. The van der Waals surface area contributed by atoms with Crippen LogP contribution in [0, 0.1) is 15.9 Å². The smallest absolute Gasteiger partial charge is 0.355 e. The summed E-state index contributed by atoms with van der Waals surface area (Å²) in [5.41, 5.74) is -1.50. The number of carbonyl (C=O) groups is 2. The molecule has 0 N–H and O–H groups in total. The Morgan fingerprint density at radius 2 is 1.85 bits per heavy atom. The van der Waals surface area contributed by atoms with Gasteiger partial charge in [-0.3, -0.25) is 10.1 Å².